The normalized spacial score (nSPS) is 17.4. The Kier molecular flexibility index (Phi) is 4.87. The summed E-state index contributed by atoms with van der Waals surface area (Å²) in [7, 11) is 3.77. The molecule has 0 radical (unpaired) electrons. The molecular formula is C14H23N3O2. The first kappa shape index (κ1) is 14.0. The number of hydrogen-bond acceptors (Lipinski definition) is 5. The molecule has 0 bridgehead atoms. The zero-order valence-electron chi connectivity index (χ0n) is 11.8. The van der Waals surface area contributed by atoms with E-state index in [4.69, 9.17) is 15.2 Å². The minimum Gasteiger partial charge on any atom is -0.495 e. The van der Waals surface area contributed by atoms with Gasteiger partial charge in [-0.1, -0.05) is 0 Å². The number of piperazine rings is 1. The zero-order chi connectivity index (χ0) is 13.7. The van der Waals surface area contributed by atoms with Crippen LogP contribution in [0.1, 0.15) is 0 Å². The van der Waals surface area contributed by atoms with Crippen molar-refractivity contribution < 1.29 is 9.47 Å². The van der Waals surface area contributed by atoms with Gasteiger partial charge < -0.3 is 20.1 Å². The van der Waals surface area contributed by atoms with Crippen molar-refractivity contribution in [2.45, 2.75) is 0 Å². The minimum atomic E-state index is 0.611. The molecule has 1 fully saturated rings. The SMILES string of the molecule is COc1ccc(OCCN2CCN(C)CC2)cc1N. The maximum Gasteiger partial charge on any atom is 0.142 e. The topological polar surface area (TPSA) is 51.0 Å². The predicted molar refractivity (Wildman–Crippen MR) is 76.8 cm³/mol. The van der Waals surface area contributed by atoms with E-state index in [1.807, 2.05) is 18.2 Å². The molecular weight excluding hydrogens is 242 g/mol. The zero-order valence-corrected chi connectivity index (χ0v) is 11.8. The van der Waals surface area contributed by atoms with Gasteiger partial charge in [0.2, 0.25) is 0 Å². The average molecular weight is 265 g/mol. The number of anilines is 1. The lowest BCUT2D eigenvalue weighted by molar-refractivity contribution is 0.134. The Balaban J connectivity index is 1.75. The Morgan fingerprint density at radius 1 is 1.21 bits per heavy atom. The molecule has 0 spiro atoms. The molecule has 2 N–H and O–H groups in total. The Morgan fingerprint density at radius 3 is 2.58 bits per heavy atom. The van der Waals surface area contributed by atoms with Gasteiger partial charge in [0.15, 0.2) is 0 Å². The van der Waals surface area contributed by atoms with Crippen molar-refractivity contribution in [2.75, 3.05) is 59.2 Å². The summed E-state index contributed by atoms with van der Waals surface area (Å²) in [6.07, 6.45) is 0. The van der Waals surface area contributed by atoms with Gasteiger partial charge in [0.1, 0.15) is 18.1 Å². The van der Waals surface area contributed by atoms with Crippen LogP contribution in [-0.4, -0.2) is 63.3 Å². The molecule has 0 aliphatic carbocycles. The highest BCUT2D eigenvalue weighted by molar-refractivity contribution is 5.56. The number of ether oxygens (including phenoxy) is 2. The van der Waals surface area contributed by atoms with Gasteiger partial charge in [-0.15, -0.1) is 0 Å². The lowest BCUT2D eigenvalue weighted by Gasteiger charge is -2.32. The molecule has 106 valence electrons. The van der Waals surface area contributed by atoms with Gasteiger partial charge in [-0.25, -0.2) is 0 Å². The van der Waals surface area contributed by atoms with Crippen molar-refractivity contribution in [1.82, 2.24) is 9.80 Å². The summed E-state index contributed by atoms with van der Waals surface area (Å²) in [5, 5.41) is 0. The number of nitrogens with zero attached hydrogens (tertiary/aromatic N) is 2. The second-order valence-electron chi connectivity index (χ2n) is 4.90. The average Bonchev–Trinajstić information content (AvgIpc) is 2.41. The number of methoxy groups -OCH3 is 1. The van der Waals surface area contributed by atoms with E-state index in [9.17, 15) is 0 Å². The predicted octanol–water partition coefficient (Wildman–Crippen LogP) is 0.904. The molecule has 5 heteroatoms. The molecule has 1 aromatic rings. The van der Waals surface area contributed by atoms with Gasteiger partial charge in [0.25, 0.3) is 0 Å². The van der Waals surface area contributed by atoms with Crippen molar-refractivity contribution in [2.24, 2.45) is 0 Å². The first-order valence-corrected chi connectivity index (χ1v) is 6.66. The first-order valence-electron chi connectivity index (χ1n) is 6.66. The van der Waals surface area contributed by atoms with E-state index in [0.29, 0.717) is 18.0 Å². The largest absolute Gasteiger partial charge is 0.495 e. The highest BCUT2D eigenvalue weighted by Crippen LogP contribution is 2.25. The summed E-state index contributed by atoms with van der Waals surface area (Å²) in [6, 6.07) is 5.53. The fourth-order valence-corrected chi connectivity index (χ4v) is 2.17. The van der Waals surface area contributed by atoms with Crippen LogP contribution < -0.4 is 15.2 Å². The summed E-state index contributed by atoms with van der Waals surface area (Å²) in [6.45, 7) is 6.15. The van der Waals surface area contributed by atoms with Crippen LogP contribution in [0.5, 0.6) is 11.5 Å². The quantitative estimate of drug-likeness (QED) is 0.802. The number of likely N-dealkylation sites (N-methyl/N-ethyl adjacent to an activating group) is 1. The van der Waals surface area contributed by atoms with E-state index in [0.717, 1.165) is 38.5 Å². The van der Waals surface area contributed by atoms with E-state index in [1.165, 1.54) is 0 Å². The Labute approximate surface area is 114 Å². The molecule has 1 saturated heterocycles. The van der Waals surface area contributed by atoms with Crippen LogP contribution in [0.4, 0.5) is 5.69 Å². The Bertz CT molecular complexity index is 404. The van der Waals surface area contributed by atoms with Crippen LogP contribution in [0.15, 0.2) is 18.2 Å². The molecule has 0 unspecified atom stereocenters. The molecule has 1 aromatic carbocycles. The minimum absolute atomic E-state index is 0.611. The molecule has 0 amide bonds. The second-order valence-corrected chi connectivity index (χ2v) is 4.90. The van der Waals surface area contributed by atoms with Crippen molar-refractivity contribution in [3.63, 3.8) is 0 Å². The van der Waals surface area contributed by atoms with Crippen LogP contribution >= 0.6 is 0 Å². The Hall–Kier alpha value is -1.46. The van der Waals surface area contributed by atoms with Crippen molar-refractivity contribution in [1.29, 1.82) is 0 Å². The summed E-state index contributed by atoms with van der Waals surface area (Å²) in [4.78, 5) is 4.77. The van der Waals surface area contributed by atoms with Gasteiger partial charge in [-0.05, 0) is 19.2 Å². The molecule has 0 saturated carbocycles. The summed E-state index contributed by atoms with van der Waals surface area (Å²) in [5.41, 5.74) is 6.45. The van der Waals surface area contributed by atoms with E-state index >= 15 is 0 Å². The molecule has 2 rings (SSSR count). The third kappa shape index (κ3) is 4.01. The molecule has 0 atom stereocenters. The van der Waals surface area contributed by atoms with Gasteiger partial charge >= 0.3 is 0 Å². The lowest BCUT2D eigenvalue weighted by Crippen LogP contribution is -2.45. The van der Waals surface area contributed by atoms with Crippen molar-refractivity contribution in [3.8, 4) is 11.5 Å². The Morgan fingerprint density at radius 2 is 1.95 bits per heavy atom. The highest BCUT2D eigenvalue weighted by Gasteiger charge is 2.13. The first-order chi connectivity index (χ1) is 9.19. The number of benzene rings is 1. The van der Waals surface area contributed by atoms with E-state index < -0.39 is 0 Å². The number of nitrogen functional groups attached to an aromatic ring is 1. The van der Waals surface area contributed by atoms with Crippen molar-refractivity contribution >= 4 is 5.69 Å². The third-order valence-electron chi connectivity index (χ3n) is 3.47. The third-order valence-corrected chi connectivity index (χ3v) is 3.47. The maximum absolute atomic E-state index is 5.84. The molecule has 19 heavy (non-hydrogen) atoms. The van der Waals surface area contributed by atoms with Gasteiger partial charge in [0, 0.05) is 38.8 Å². The fourth-order valence-electron chi connectivity index (χ4n) is 2.17. The fraction of sp³-hybridized carbons (Fsp3) is 0.571. The molecule has 5 nitrogen and oxygen atoms in total. The van der Waals surface area contributed by atoms with E-state index in [1.54, 1.807) is 7.11 Å². The smallest absolute Gasteiger partial charge is 0.142 e. The van der Waals surface area contributed by atoms with Crippen LogP contribution in [0.25, 0.3) is 0 Å². The summed E-state index contributed by atoms with van der Waals surface area (Å²) >= 11 is 0. The summed E-state index contributed by atoms with van der Waals surface area (Å²) in [5.74, 6) is 1.49. The monoisotopic (exact) mass is 265 g/mol. The van der Waals surface area contributed by atoms with Crippen LogP contribution in [0.2, 0.25) is 0 Å². The van der Waals surface area contributed by atoms with Gasteiger partial charge in [0.05, 0.1) is 12.8 Å². The van der Waals surface area contributed by atoms with Crippen LogP contribution in [0, 0.1) is 0 Å². The molecule has 0 aromatic heterocycles. The number of rotatable bonds is 5. The molecule has 1 aliphatic rings. The van der Waals surface area contributed by atoms with Crippen molar-refractivity contribution in [3.05, 3.63) is 18.2 Å². The van der Waals surface area contributed by atoms with E-state index in [-0.39, 0.29) is 0 Å². The summed E-state index contributed by atoms with van der Waals surface area (Å²) < 4.78 is 10.8. The maximum atomic E-state index is 5.84. The van der Waals surface area contributed by atoms with Gasteiger partial charge in [-0.2, -0.15) is 0 Å². The van der Waals surface area contributed by atoms with E-state index in [2.05, 4.69) is 16.8 Å². The van der Waals surface area contributed by atoms with Crippen LogP contribution in [0.3, 0.4) is 0 Å². The lowest BCUT2D eigenvalue weighted by atomic mass is 10.3. The molecule has 1 aliphatic heterocycles. The molecule has 1 heterocycles. The second kappa shape index (κ2) is 6.63. The number of hydrogen-bond donors (Lipinski definition) is 1. The highest BCUT2D eigenvalue weighted by atomic mass is 16.5. The van der Waals surface area contributed by atoms with Gasteiger partial charge in [-0.3, -0.25) is 4.90 Å². The standard InChI is InChI=1S/C14H23N3O2/c1-16-5-7-17(8-6-16)9-10-19-12-3-4-14(18-2)13(15)11-12/h3-4,11H,5-10,15H2,1-2H3. The van der Waals surface area contributed by atoms with Crippen LogP contribution in [-0.2, 0) is 0 Å². The number of nitrogens with two attached hydrogens (primary N) is 1.